The first-order chi connectivity index (χ1) is 15.0. The van der Waals surface area contributed by atoms with Crippen LogP contribution in [0.1, 0.15) is 18.2 Å². The number of carboxylic acids is 1. The van der Waals surface area contributed by atoms with E-state index < -0.39 is 34.5 Å². The van der Waals surface area contributed by atoms with Gasteiger partial charge in [0.15, 0.2) is 0 Å². The van der Waals surface area contributed by atoms with Crippen molar-refractivity contribution in [2.24, 2.45) is 0 Å². The van der Waals surface area contributed by atoms with Crippen molar-refractivity contribution in [3.8, 4) is 23.1 Å². The third-order valence-corrected chi connectivity index (χ3v) is 5.72. The van der Waals surface area contributed by atoms with Crippen LogP contribution in [0.15, 0.2) is 59.1 Å². The predicted octanol–water partition coefficient (Wildman–Crippen LogP) is 6.38. The summed E-state index contributed by atoms with van der Waals surface area (Å²) in [6.45, 7) is 0.443. The predicted molar refractivity (Wildman–Crippen MR) is 115 cm³/mol. The highest BCUT2D eigenvalue weighted by atomic mass is 79.9. The Morgan fingerprint density at radius 3 is 2.28 bits per heavy atom. The number of carbonyl (C=O) groups is 1. The van der Waals surface area contributed by atoms with E-state index in [-0.39, 0.29) is 22.6 Å². The smallest absolute Gasteiger partial charge is 0.432 e. The number of nitrogens with zero attached hydrogens (tertiary/aromatic N) is 2. The summed E-state index contributed by atoms with van der Waals surface area (Å²) in [6.07, 6.45) is -4.89. The Balaban J connectivity index is 2.26. The Morgan fingerprint density at radius 1 is 1.19 bits per heavy atom. The number of para-hydroxylation sites is 1. The number of carboxylic acid groups (broad SMARTS) is 1. The molecule has 0 bridgehead atoms. The Bertz CT molecular complexity index is 1190. The van der Waals surface area contributed by atoms with Gasteiger partial charge in [-0.15, -0.1) is 0 Å². The summed E-state index contributed by atoms with van der Waals surface area (Å²) in [5.41, 5.74) is -3.41. The molecule has 0 fully saturated rings. The third-order valence-electron chi connectivity index (χ3n) is 4.70. The van der Waals surface area contributed by atoms with Gasteiger partial charge in [-0.2, -0.15) is 18.4 Å². The molecule has 1 aromatic heterocycles. The normalized spacial score (nSPS) is 13.3. The van der Waals surface area contributed by atoms with E-state index >= 15 is 0 Å². The number of hydrogen-bond acceptors (Lipinski definition) is 3. The molecule has 1 atom stereocenters. The maximum absolute atomic E-state index is 14.1. The van der Waals surface area contributed by atoms with Crippen molar-refractivity contribution in [1.82, 2.24) is 4.57 Å². The largest absolute Gasteiger partial charge is 0.478 e. The second-order valence-electron chi connectivity index (χ2n) is 7.04. The number of ether oxygens (including phenoxy) is 1. The molecule has 0 radical (unpaired) electrons. The molecule has 0 saturated carbocycles. The topological polar surface area (TPSA) is 75.2 Å². The van der Waals surface area contributed by atoms with Gasteiger partial charge in [0.05, 0.1) is 22.3 Å². The van der Waals surface area contributed by atoms with Crippen molar-refractivity contribution in [1.29, 1.82) is 5.26 Å². The number of aliphatic carboxylic acids is 1. The minimum Gasteiger partial charge on any atom is -0.478 e. The van der Waals surface area contributed by atoms with Crippen LogP contribution in [0, 0.1) is 11.3 Å². The minimum atomic E-state index is -4.89. The van der Waals surface area contributed by atoms with Crippen molar-refractivity contribution >= 4 is 33.5 Å². The Kier molecular flexibility index (Phi) is 6.58. The molecule has 166 valence electrons. The highest BCUT2D eigenvalue weighted by Gasteiger charge is 2.45. The molecule has 1 unspecified atom stereocenters. The molecule has 0 saturated heterocycles. The summed E-state index contributed by atoms with van der Waals surface area (Å²) in [5.74, 6) is -1.30. The van der Waals surface area contributed by atoms with Crippen LogP contribution in [0.5, 0.6) is 5.75 Å². The Morgan fingerprint density at radius 2 is 1.78 bits per heavy atom. The highest BCUT2D eigenvalue weighted by molar-refractivity contribution is 9.10. The van der Waals surface area contributed by atoms with E-state index in [0.717, 1.165) is 4.57 Å². The molecule has 1 N–H and O–H groups in total. The molecule has 0 aliphatic carbocycles. The van der Waals surface area contributed by atoms with E-state index in [1.165, 1.54) is 43.3 Å². The van der Waals surface area contributed by atoms with E-state index in [1.54, 1.807) is 24.3 Å². The average Bonchev–Trinajstić information content (AvgIpc) is 3.00. The van der Waals surface area contributed by atoms with Gasteiger partial charge in [0.2, 0.25) is 5.60 Å². The molecule has 10 heteroatoms. The van der Waals surface area contributed by atoms with E-state index in [0.29, 0.717) is 5.02 Å². The Labute approximate surface area is 194 Å². The molecule has 0 amide bonds. The molecule has 2 aromatic carbocycles. The number of halogens is 5. The van der Waals surface area contributed by atoms with Gasteiger partial charge in [-0.05, 0) is 52.7 Å². The van der Waals surface area contributed by atoms with E-state index in [4.69, 9.17) is 16.3 Å². The fourth-order valence-electron chi connectivity index (χ4n) is 3.23. The lowest BCUT2D eigenvalue weighted by molar-refractivity contribution is -0.158. The number of alkyl halides is 3. The van der Waals surface area contributed by atoms with Crippen LogP contribution in [0.4, 0.5) is 13.2 Å². The van der Waals surface area contributed by atoms with Gasteiger partial charge in [-0.3, -0.25) is 0 Å². The highest BCUT2D eigenvalue weighted by Crippen LogP contribution is 2.44. The third kappa shape index (κ3) is 4.61. The number of benzene rings is 2. The molecular weight excluding hydrogens is 513 g/mol. The van der Waals surface area contributed by atoms with Gasteiger partial charge >= 0.3 is 12.1 Å². The zero-order chi connectivity index (χ0) is 23.7. The van der Waals surface area contributed by atoms with Crippen molar-refractivity contribution in [3.05, 3.63) is 75.4 Å². The summed E-state index contributed by atoms with van der Waals surface area (Å²) in [7, 11) is 0. The van der Waals surface area contributed by atoms with Gasteiger partial charge < -0.3 is 14.4 Å². The van der Waals surface area contributed by atoms with E-state index in [1.807, 2.05) is 0 Å². The first kappa shape index (κ1) is 23.7. The van der Waals surface area contributed by atoms with Crippen molar-refractivity contribution in [2.45, 2.75) is 25.2 Å². The lowest BCUT2D eigenvalue weighted by Gasteiger charge is -2.29. The molecule has 0 spiro atoms. The summed E-state index contributed by atoms with van der Waals surface area (Å²) in [4.78, 5) is 12.1. The van der Waals surface area contributed by atoms with Gasteiger partial charge in [-0.1, -0.05) is 41.9 Å². The summed E-state index contributed by atoms with van der Waals surface area (Å²) in [6, 6.07) is 15.5. The fraction of sp³-hybridized carbons (Fsp3) is 0.182. The first-order valence-electron chi connectivity index (χ1n) is 9.10. The van der Waals surface area contributed by atoms with E-state index in [9.17, 15) is 28.3 Å². The van der Waals surface area contributed by atoms with Crippen molar-refractivity contribution in [3.63, 3.8) is 0 Å². The summed E-state index contributed by atoms with van der Waals surface area (Å²) in [5, 5.41) is 19.8. The molecule has 3 aromatic rings. The van der Waals surface area contributed by atoms with Gasteiger partial charge in [0.1, 0.15) is 17.5 Å². The zero-order valence-corrected chi connectivity index (χ0v) is 18.8. The van der Waals surface area contributed by atoms with Crippen LogP contribution in [-0.2, 0) is 17.5 Å². The zero-order valence-electron chi connectivity index (χ0n) is 16.5. The van der Waals surface area contributed by atoms with Crippen LogP contribution < -0.4 is 4.74 Å². The lowest BCUT2D eigenvalue weighted by atomic mass is 10.0. The molecular formula is C22H15BrClF3N2O3. The summed E-state index contributed by atoms with van der Waals surface area (Å²) >= 11 is 8.80. The quantitative estimate of drug-likeness (QED) is 0.403. The SMILES string of the molecule is CC(Cn1c(-c2ccc(Cl)cc2)c(C#N)c(Br)c1C(F)(F)F)(Oc1ccccc1)C(=O)O. The fourth-order valence-corrected chi connectivity index (χ4v) is 4.07. The van der Waals surface area contributed by atoms with Crippen LogP contribution in [-0.4, -0.2) is 21.2 Å². The van der Waals surface area contributed by atoms with Crippen molar-refractivity contribution in [2.75, 3.05) is 0 Å². The monoisotopic (exact) mass is 526 g/mol. The van der Waals surface area contributed by atoms with Crippen LogP contribution in [0.25, 0.3) is 11.3 Å². The van der Waals surface area contributed by atoms with Crippen molar-refractivity contribution < 1.29 is 27.8 Å². The van der Waals surface area contributed by atoms with Crippen LogP contribution in [0.3, 0.4) is 0 Å². The molecule has 0 aliphatic heterocycles. The van der Waals surface area contributed by atoms with Gasteiger partial charge in [0, 0.05) is 5.02 Å². The number of rotatable bonds is 6. The number of aromatic nitrogens is 1. The molecule has 1 heterocycles. The molecule has 3 rings (SSSR count). The maximum atomic E-state index is 14.1. The number of hydrogen-bond donors (Lipinski definition) is 1. The first-order valence-corrected chi connectivity index (χ1v) is 10.3. The van der Waals surface area contributed by atoms with Crippen LogP contribution >= 0.6 is 27.5 Å². The Hall–Kier alpha value is -2.96. The summed E-state index contributed by atoms with van der Waals surface area (Å²) < 4.78 is 48.0. The second-order valence-corrected chi connectivity index (χ2v) is 8.27. The molecule has 32 heavy (non-hydrogen) atoms. The molecule has 0 aliphatic rings. The average molecular weight is 528 g/mol. The molecule has 5 nitrogen and oxygen atoms in total. The lowest BCUT2D eigenvalue weighted by Crippen LogP contribution is -2.46. The maximum Gasteiger partial charge on any atom is 0.432 e. The second kappa shape index (κ2) is 8.88. The van der Waals surface area contributed by atoms with Gasteiger partial charge in [-0.25, -0.2) is 4.79 Å². The minimum absolute atomic E-state index is 0.104. The van der Waals surface area contributed by atoms with E-state index in [2.05, 4.69) is 15.9 Å². The number of nitriles is 1. The van der Waals surface area contributed by atoms with Crippen LogP contribution in [0.2, 0.25) is 5.02 Å². The van der Waals surface area contributed by atoms with Gasteiger partial charge in [0.25, 0.3) is 0 Å². The standard InChI is InChI=1S/C22H15BrClF3N2O3/c1-21(20(30)31,32-15-5-3-2-4-6-15)12-29-18(13-7-9-14(24)10-8-13)16(11-28)17(23)19(29)22(25,26)27/h2-10H,12H2,1H3,(H,30,31).